The van der Waals surface area contributed by atoms with Gasteiger partial charge in [0, 0.05) is 5.69 Å². The van der Waals surface area contributed by atoms with Crippen molar-refractivity contribution in [2.24, 2.45) is 0 Å². The van der Waals surface area contributed by atoms with Crippen LogP contribution < -0.4 is 10.00 Å². The van der Waals surface area contributed by atoms with Crippen molar-refractivity contribution >= 4 is 23.4 Å². The maximum absolute atomic E-state index is 13.1. The van der Waals surface area contributed by atoms with E-state index in [4.69, 9.17) is 0 Å². The van der Waals surface area contributed by atoms with Crippen molar-refractivity contribution in [2.75, 3.05) is 11.1 Å². The van der Waals surface area contributed by atoms with E-state index in [1.165, 1.54) is 23.9 Å². The third kappa shape index (κ3) is 3.80. The minimum atomic E-state index is -0.319. The number of hydrogen-bond acceptors (Lipinski definition) is 3. The van der Waals surface area contributed by atoms with Gasteiger partial charge < -0.3 is 5.32 Å². The molecular weight excluding hydrogens is 327 g/mol. The van der Waals surface area contributed by atoms with E-state index in [0.717, 1.165) is 5.69 Å². The summed E-state index contributed by atoms with van der Waals surface area (Å²) in [6.45, 7) is 1.75. The molecule has 5 nitrogen and oxygen atoms in total. The van der Waals surface area contributed by atoms with Crippen LogP contribution in [0.5, 0.6) is 0 Å². The van der Waals surface area contributed by atoms with E-state index in [-0.39, 0.29) is 17.5 Å². The molecule has 0 atom stereocenters. The van der Waals surface area contributed by atoms with Crippen LogP contribution in [0, 0.1) is 12.7 Å². The number of thioether (sulfide) groups is 1. The molecule has 0 aliphatic heterocycles. The lowest BCUT2D eigenvalue weighted by atomic mass is 10.2. The Labute approximate surface area is 142 Å². The lowest BCUT2D eigenvalue weighted by molar-refractivity contribution is -0.694. The van der Waals surface area contributed by atoms with Crippen LogP contribution in [0.15, 0.2) is 60.0 Å². The number of H-pyrrole nitrogens is 1. The third-order valence-electron chi connectivity index (χ3n) is 3.36. The number of para-hydroxylation sites is 1. The lowest BCUT2D eigenvalue weighted by Gasteiger charge is -2.07. The van der Waals surface area contributed by atoms with Gasteiger partial charge in [0.2, 0.25) is 12.2 Å². The van der Waals surface area contributed by atoms with Crippen LogP contribution in [0.2, 0.25) is 0 Å². The number of anilines is 1. The molecule has 0 aliphatic carbocycles. The minimum absolute atomic E-state index is 0.169. The fourth-order valence-electron chi connectivity index (χ4n) is 2.20. The number of rotatable bonds is 5. The summed E-state index contributed by atoms with van der Waals surface area (Å²) in [6, 6.07) is 14.0. The molecule has 1 amide bonds. The Kier molecular flexibility index (Phi) is 4.90. The molecular formula is C17H16FN4OS+. The maximum Gasteiger partial charge on any atom is 0.385 e. The number of nitrogens with zero attached hydrogens (tertiary/aromatic N) is 2. The van der Waals surface area contributed by atoms with Crippen LogP contribution in [0.4, 0.5) is 10.1 Å². The lowest BCUT2D eigenvalue weighted by Crippen LogP contribution is -2.35. The Morgan fingerprint density at radius 2 is 2.08 bits per heavy atom. The number of aryl methyl sites for hydroxylation is 1. The van der Waals surface area contributed by atoms with E-state index < -0.39 is 0 Å². The second-order valence-corrected chi connectivity index (χ2v) is 6.08. The molecule has 122 valence electrons. The fraction of sp³-hybridized carbons (Fsp3) is 0.118. The van der Waals surface area contributed by atoms with Gasteiger partial charge in [0.1, 0.15) is 5.82 Å². The highest BCUT2D eigenvalue weighted by Gasteiger charge is 2.18. The summed E-state index contributed by atoms with van der Waals surface area (Å²) in [4.78, 5) is 16.4. The van der Waals surface area contributed by atoms with Gasteiger partial charge in [-0.1, -0.05) is 18.2 Å². The average Bonchev–Trinajstić information content (AvgIpc) is 3.05. The number of carbonyl (C=O) groups is 1. The smallest absolute Gasteiger partial charge is 0.325 e. The van der Waals surface area contributed by atoms with Crippen molar-refractivity contribution in [3.8, 4) is 5.69 Å². The van der Waals surface area contributed by atoms with Crippen LogP contribution in [-0.2, 0) is 4.79 Å². The zero-order chi connectivity index (χ0) is 16.9. The second kappa shape index (κ2) is 7.27. The van der Waals surface area contributed by atoms with Gasteiger partial charge in [-0.25, -0.2) is 4.39 Å². The van der Waals surface area contributed by atoms with Crippen molar-refractivity contribution in [3.05, 3.63) is 66.2 Å². The summed E-state index contributed by atoms with van der Waals surface area (Å²) in [5.74, 6) is -0.285. The molecule has 0 aliphatic rings. The predicted molar refractivity (Wildman–Crippen MR) is 90.6 cm³/mol. The van der Waals surface area contributed by atoms with Crippen molar-refractivity contribution < 1.29 is 13.9 Å². The first-order valence-corrected chi connectivity index (χ1v) is 8.32. The molecule has 24 heavy (non-hydrogen) atoms. The molecule has 3 rings (SSSR count). The molecule has 2 aromatic carbocycles. The summed E-state index contributed by atoms with van der Waals surface area (Å²) < 4.78 is 14.9. The molecule has 0 fully saturated rings. The predicted octanol–water partition coefficient (Wildman–Crippen LogP) is 2.86. The largest absolute Gasteiger partial charge is 0.385 e. The van der Waals surface area contributed by atoms with Crippen LogP contribution in [0.1, 0.15) is 5.56 Å². The zero-order valence-corrected chi connectivity index (χ0v) is 13.8. The monoisotopic (exact) mass is 343 g/mol. The summed E-state index contributed by atoms with van der Waals surface area (Å²) >= 11 is 1.32. The average molecular weight is 343 g/mol. The highest BCUT2D eigenvalue weighted by atomic mass is 32.2. The molecule has 1 aromatic heterocycles. The minimum Gasteiger partial charge on any atom is -0.325 e. The second-order valence-electron chi connectivity index (χ2n) is 5.14. The van der Waals surface area contributed by atoms with E-state index >= 15 is 0 Å². The standard InChI is InChI=1S/C17H15FN4OS/c1-12-9-13(18)7-8-15(12)21-16(23)10-24-17-19-11-20-22(17)14-5-3-2-4-6-14/h2-9,11H,10H2,1H3,(H,21,23)/p+1. The van der Waals surface area contributed by atoms with Gasteiger partial charge >= 0.3 is 5.16 Å². The van der Waals surface area contributed by atoms with E-state index in [1.807, 2.05) is 30.3 Å². The molecule has 2 N–H and O–H groups in total. The van der Waals surface area contributed by atoms with Crippen LogP contribution >= 0.6 is 11.8 Å². The van der Waals surface area contributed by atoms with Gasteiger partial charge in [0.05, 0.1) is 5.75 Å². The number of nitrogens with one attached hydrogen (secondary N) is 2. The fourth-order valence-corrected chi connectivity index (χ4v) is 2.95. The van der Waals surface area contributed by atoms with E-state index in [2.05, 4.69) is 15.4 Å². The Morgan fingerprint density at radius 1 is 1.29 bits per heavy atom. The molecule has 0 saturated carbocycles. The highest BCUT2D eigenvalue weighted by Crippen LogP contribution is 2.17. The van der Waals surface area contributed by atoms with Crippen molar-refractivity contribution in [1.29, 1.82) is 0 Å². The summed E-state index contributed by atoms with van der Waals surface area (Å²) in [6.07, 6.45) is 1.58. The van der Waals surface area contributed by atoms with Crippen LogP contribution in [0.3, 0.4) is 0 Å². The van der Waals surface area contributed by atoms with Gasteiger partial charge in [-0.05, 0) is 59.6 Å². The molecule has 0 radical (unpaired) electrons. The summed E-state index contributed by atoms with van der Waals surface area (Å²) in [5, 5.41) is 6.49. The van der Waals surface area contributed by atoms with Gasteiger partial charge in [-0.15, -0.1) is 4.68 Å². The molecule has 0 spiro atoms. The topological polar surface area (TPSA) is 61.7 Å². The van der Waals surface area contributed by atoms with Crippen LogP contribution in [0.25, 0.3) is 5.69 Å². The highest BCUT2D eigenvalue weighted by molar-refractivity contribution is 7.99. The Hall–Kier alpha value is -2.67. The molecule has 0 saturated heterocycles. The van der Waals surface area contributed by atoms with Gasteiger partial charge in [-0.2, -0.15) is 5.10 Å². The van der Waals surface area contributed by atoms with Gasteiger partial charge in [-0.3, -0.25) is 4.79 Å². The Bertz CT molecular complexity index is 851. The Morgan fingerprint density at radius 3 is 2.83 bits per heavy atom. The van der Waals surface area contributed by atoms with Crippen molar-refractivity contribution in [3.63, 3.8) is 0 Å². The number of hydrogen-bond donors (Lipinski definition) is 2. The summed E-state index contributed by atoms with van der Waals surface area (Å²) in [7, 11) is 0. The number of carbonyl (C=O) groups excluding carboxylic acids is 1. The molecule has 1 heterocycles. The number of amides is 1. The molecule has 7 heteroatoms. The van der Waals surface area contributed by atoms with E-state index in [1.54, 1.807) is 24.0 Å². The van der Waals surface area contributed by atoms with Gasteiger partial charge in [0.15, 0.2) is 5.69 Å². The van der Waals surface area contributed by atoms with Crippen LogP contribution in [-0.4, -0.2) is 21.7 Å². The maximum atomic E-state index is 13.1. The third-order valence-corrected chi connectivity index (χ3v) is 4.32. The zero-order valence-electron chi connectivity index (χ0n) is 13.0. The van der Waals surface area contributed by atoms with Gasteiger partial charge in [0.25, 0.3) is 0 Å². The molecule has 0 unspecified atom stereocenters. The first kappa shape index (κ1) is 16.2. The number of halogens is 1. The quantitative estimate of drug-likeness (QED) is 0.553. The summed E-state index contributed by atoms with van der Waals surface area (Å²) in [5.41, 5.74) is 2.24. The first-order chi connectivity index (χ1) is 11.6. The van der Waals surface area contributed by atoms with E-state index in [9.17, 15) is 9.18 Å². The number of benzene rings is 2. The van der Waals surface area contributed by atoms with Crippen molar-refractivity contribution in [1.82, 2.24) is 10.1 Å². The van der Waals surface area contributed by atoms with Crippen molar-refractivity contribution in [2.45, 2.75) is 12.1 Å². The number of aromatic amines is 1. The molecule has 3 aromatic rings. The number of aromatic nitrogens is 3. The Balaban J connectivity index is 1.64. The first-order valence-electron chi connectivity index (χ1n) is 7.33. The molecule has 0 bridgehead atoms. The SMILES string of the molecule is Cc1cc(F)ccc1NC(=O)CSc1nc[nH][n+]1-c1ccccc1. The normalized spacial score (nSPS) is 10.6. The van der Waals surface area contributed by atoms with E-state index in [0.29, 0.717) is 16.4 Å².